The van der Waals surface area contributed by atoms with Gasteiger partial charge in [0.15, 0.2) is 5.58 Å². The molecule has 1 amide bonds. The van der Waals surface area contributed by atoms with Crippen LogP contribution in [-0.2, 0) is 16.1 Å². The molecule has 1 aromatic carbocycles. The Kier molecular flexibility index (Phi) is 4.47. The molecule has 0 spiro atoms. The van der Waals surface area contributed by atoms with Crippen molar-refractivity contribution in [2.24, 2.45) is 5.41 Å². The summed E-state index contributed by atoms with van der Waals surface area (Å²) in [5.74, 6) is -0.923. The van der Waals surface area contributed by atoms with Crippen molar-refractivity contribution in [2.75, 3.05) is 13.2 Å². The van der Waals surface area contributed by atoms with Gasteiger partial charge in [-0.15, -0.1) is 0 Å². The number of nitrogens with one attached hydrogen (secondary N) is 1. The molecule has 2 atom stereocenters. The highest BCUT2D eigenvalue weighted by Crippen LogP contribution is 2.50. The van der Waals surface area contributed by atoms with Gasteiger partial charge in [0.05, 0.1) is 17.2 Å². The summed E-state index contributed by atoms with van der Waals surface area (Å²) in [4.78, 5) is 24.2. The minimum Gasteiger partial charge on any atom is -0.408 e. The van der Waals surface area contributed by atoms with Crippen LogP contribution in [0.5, 0.6) is 0 Å². The number of nitrogens with zero attached hydrogens (tertiary/aromatic N) is 1. The van der Waals surface area contributed by atoms with Crippen LogP contribution in [0.2, 0.25) is 0 Å². The quantitative estimate of drug-likeness (QED) is 0.820. The molecule has 3 rings (SSSR count). The van der Waals surface area contributed by atoms with Gasteiger partial charge in [-0.05, 0) is 19.1 Å². The number of carbonyl (C=O) groups excluding carboxylic acids is 1. The normalized spacial score (nSPS) is 24.9. The molecule has 25 heavy (non-hydrogen) atoms. The van der Waals surface area contributed by atoms with E-state index in [1.165, 1.54) is 4.57 Å². The van der Waals surface area contributed by atoms with Crippen LogP contribution in [0.25, 0.3) is 11.1 Å². The molecule has 2 aromatic rings. The van der Waals surface area contributed by atoms with Gasteiger partial charge in [0.25, 0.3) is 0 Å². The van der Waals surface area contributed by atoms with Gasteiger partial charge in [0, 0.05) is 25.0 Å². The number of hydrogen-bond acceptors (Lipinski definition) is 5. The molecular formula is C18H24N2O5. The summed E-state index contributed by atoms with van der Waals surface area (Å²) >= 11 is 0. The summed E-state index contributed by atoms with van der Waals surface area (Å²) < 4.78 is 12.0. The summed E-state index contributed by atoms with van der Waals surface area (Å²) in [6.45, 7) is 6.33. The van der Waals surface area contributed by atoms with Gasteiger partial charge in [0.1, 0.15) is 6.54 Å². The first-order valence-corrected chi connectivity index (χ1v) is 8.47. The van der Waals surface area contributed by atoms with E-state index in [1.807, 2.05) is 20.8 Å². The first-order valence-electron chi connectivity index (χ1n) is 8.47. The molecule has 7 heteroatoms. The molecule has 2 N–H and O–H groups in total. The third-order valence-electron chi connectivity index (χ3n) is 5.35. The van der Waals surface area contributed by atoms with E-state index in [4.69, 9.17) is 9.15 Å². The molecule has 0 bridgehead atoms. The van der Waals surface area contributed by atoms with Crippen LogP contribution >= 0.6 is 0 Å². The second-order valence-electron chi connectivity index (χ2n) is 7.10. The highest BCUT2D eigenvalue weighted by molar-refractivity contribution is 5.79. The van der Waals surface area contributed by atoms with Gasteiger partial charge in [-0.3, -0.25) is 9.36 Å². The Labute approximate surface area is 145 Å². The molecule has 1 heterocycles. The van der Waals surface area contributed by atoms with Crippen molar-refractivity contribution in [1.82, 2.24) is 9.88 Å². The van der Waals surface area contributed by atoms with E-state index >= 15 is 0 Å². The van der Waals surface area contributed by atoms with Crippen molar-refractivity contribution >= 4 is 17.0 Å². The van der Waals surface area contributed by atoms with E-state index in [9.17, 15) is 14.7 Å². The lowest BCUT2D eigenvalue weighted by molar-refractivity contribution is -0.238. The van der Waals surface area contributed by atoms with Crippen molar-refractivity contribution in [1.29, 1.82) is 0 Å². The van der Waals surface area contributed by atoms with Crippen molar-refractivity contribution in [2.45, 2.75) is 45.4 Å². The third-order valence-corrected chi connectivity index (χ3v) is 5.35. The fraction of sp³-hybridized carbons (Fsp3) is 0.556. The highest BCUT2D eigenvalue weighted by atomic mass is 16.5. The predicted octanol–water partition coefficient (Wildman–Crippen LogP) is 1.28. The van der Waals surface area contributed by atoms with Gasteiger partial charge in [0.2, 0.25) is 5.91 Å². The summed E-state index contributed by atoms with van der Waals surface area (Å²) in [6, 6.07) is 6.94. The van der Waals surface area contributed by atoms with E-state index in [0.29, 0.717) is 24.1 Å². The Morgan fingerprint density at radius 1 is 1.44 bits per heavy atom. The molecule has 1 fully saturated rings. The summed E-state index contributed by atoms with van der Waals surface area (Å²) in [7, 11) is 0. The number of oxazole rings is 1. The van der Waals surface area contributed by atoms with Crippen molar-refractivity contribution in [3.05, 3.63) is 34.8 Å². The number of amides is 1. The second-order valence-corrected chi connectivity index (χ2v) is 7.10. The number of benzene rings is 1. The van der Waals surface area contributed by atoms with E-state index in [0.717, 1.165) is 0 Å². The molecule has 0 aliphatic heterocycles. The first kappa shape index (κ1) is 17.7. The SMILES string of the molecule is CCOC1CC(O)(CNC(=O)Cn2c(=O)oc3ccccc32)C1(C)C. The van der Waals surface area contributed by atoms with E-state index in [1.54, 1.807) is 24.3 Å². The lowest BCUT2D eigenvalue weighted by Gasteiger charge is -2.57. The Balaban J connectivity index is 1.64. The summed E-state index contributed by atoms with van der Waals surface area (Å²) in [5.41, 5.74) is -0.457. The maximum atomic E-state index is 12.3. The molecule has 136 valence electrons. The average molecular weight is 348 g/mol. The van der Waals surface area contributed by atoms with Gasteiger partial charge >= 0.3 is 5.76 Å². The standard InChI is InChI=1S/C18H24N2O5/c1-4-24-14-9-18(23,17(14,2)3)11-19-15(21)10-20-12-7-5-6-8-13(12)25-16(20)22/h5-8,14,23H,4,9-11H2,1-3H3,(H,19,21). The van der Waals surface area contributed by atoms with Crippen LogP contribution in [0.15, 0.2) is 33.5 Å². The zero-order valence-electron chi connectivity index (χ0n) is 14.7. The smallest absolute Gasteiger partial charge is 0.408 e. The summed E-state index contributed by atoms with van der Waals surface area (Å²) in [5, 5.41) is 13.5. The largest absolute Gasteiger partial charge is 0.420 e. The fourth-order valence-corrected chi connectivity index (χ4v) is 3.37. The average Bonchev–Trinajstić information content (AvgIpc) is 2.88. The van der Waals surface area contributed by atoms with Crippen LogP contribution in [0.3, 0.4) is 0 Å². The van der Waals surface area contributed by atoms with Crippen LogP contribution in [0.4, 0.5) is 0 Å². The summed E-state index contributed by atoms with van der Waals surface area (Å²) in [6.07, 6.45) is 0.447. The lowest BCUT2D eigenvalue weighted by atomic mass is 9.56. The van der Waals surface area contributed by atoms with Gasteiger partial charge < -0.3 is 19.6 Å². The fourth-order valence-electron chi connectivity index (χ4n) is 3.37. The Bertz CT molecular complexity index is 837. The molecule has 2 unspecified atom stereocenters. The Morgan fingerprint density at radius 3 is 2.84 bits per heavy atom. The van der Waals surface area contributed by atoms with Crippen LogP contribution in [0, 0.1) is 5.41 Å². The number of ether oxygens (including phenoxy) is 1. The Morgan fingerprint density at radius 2 is 2.16 bits per heavy atom. The van der Waals surface area contributed by atoms with Crippen LogP contribution < -0.4 is 11.1 Å². The highest BCUT2D eigenvalue weighted by Gasteiger charge is 2.59. The number of para-hydroxylation sites is 2. The van der Waals surface area contributed by atoms with E-state index < -0.39 is 16.8 Å². The zero-order chi connectivity index (χ0) is 18.2. The minimum absolute atomic E-state index is 0.0279. The van der Waals surface area contributed by atoms with Crippen molar-refractivity contribution in [3.8, 4) is 0 Å². The van der Waals surface area contributed by atoms with Gasteiger partial charge in [-0.2, -0.15) is 0 Å². The number of carbonyl (C=O) groups is 1. The maximum absolute atomic E-state index is 12.3. The van der Waals surface area contributed by atoms with Crippen molar-refractivity contribution in [3.63, 3.8) is 0 Å². The number of fused-ring (bicyclic) bond motifs is 1. The Hall–Kier alpha value is -2.12. The van der Waals surface area contributed by atoms with E-state index in [2.05, 4.69) is 5.32 Å². The molecule has 0 radical (unpaired) electrons. The predicted molar refractivity (Wildman–Crippen MR) is 92.2 cm³/mol. The molecule has 1 aliphatic rings. The molecule has 1 saturated carbocycles. The number of aliphatic hydroxyl groups is 1. The lowest BCUT2D eigenvalue weighted by Crippen LogP contribution is -2.68. The number of rotatable bonds is 6. The molecule has 1 aliphatic carbocycles. The third kappa shape index (κ3) is 2.98. The van der Waals surface area contributed by atoms with Gasteiger partial charge in [-0.25, -0.2) is 4.79 Å². The van der Waals surface area contributed by atoms with Crippen LogP contribution in [-0.4, -0.2) is 40.4 Å². The van der Waals surface area contributed by atoms with Crippen molar-refractivity contribution < 1.29 is 19.1 Å². The van der Waals surface area contributed by atoms with E-state index in [-0.39, 0.29) is 25.1 Å². The zero-order valence-corrected chi connectivity index (χ0v) is 14.7. The molecule has 0 saturated heterocycles. The minimum atomic E-state index is -1.02. The molecule has 7 nitrogen and oxygen atoms in total. The number of aromatic nitrogens is 1. The second kappa shape index (κ2) is 6.31. The topological polar surface area (TPSA) is 93.7 Å². The molecular weight excluding hydrogens is 324 g/mol. The number of hydrogen-bond donors (Lipinski definition) is 2. The maximum Gasteiger partial charge on any atom is 0.420 e. The molecule has 1 aromatic heterocycles. The van der Waals surface area contributed by atoms with Crippen LogP contribution in [0.1, 0.15) is 27.2 Å². The first-order chi connectivity index (χ1) is 11.8. The monoisotopic (exact) mass is 348 g/mol. The van der Waals surface area contributed by atoms with Gasteiger partial charge in [-0.1, -0.05) is 26.0 Å².